The molecule has 1 rings (SSSR count). The molecule has 20 heavy (non-hydrogen) atoms. The number of amides is 1. The first kappa shape index (κ1) is 17.1. The fraction of sp³-hybridized carbons (Fsp3) is 0.562. The Morgan fingerprint density at radius 1 is 1.25 bits per heavy atom. The first-order valence-electron chi connectivity index (χ1n) is 7.39. The largest absolute Gasteiger partial charge is 0.355 e. The SMILES string of the molecule is CCN(CC)CCCNC(=O)C(S)Cc1ccccc1. The summed E-state index contributed by atoms with van der Waals surface area (Å²) in [5.74, 6) is 0.0248. The molecule has 1 amide bonds. The summed E-state index contributed by atoms with van der Waals surface area (Å²) >= 11 is 4.39. The van der Waals surface area contributed by atoms with E-state index in [2.05, 4.69) is 36.7 Å². The van der Waals surface area contributed by atoms with E-state index >= 15 is 0 Å². The topological polar surface area (TPSA) is 32.3 Å². The molecule has 0 aliphatic carbocycles. The normalized spacial score (nSPS) is 12.4. The van der Waals surface area contributed by atoms with Crippen molar-refractivity contribution in [2.45, 2.75) is 31.9 Å². The van der Waals surface area contributed by atoms with Crippen LogP contribution in [0.4, 0.5) is 0 Å². The number of nitrogens with zero attached hydrogens (tertiary/aromatic N) is 1. The molecule has 0 aromatic heterocycles. The van der Waals surface area contributed by atoms with Crippen molar-refractivity contribution in [2.75, 3.05) is 26.2 Å². The minimum atomic E-state index is -0.272. The van der Waals surface area contributed by atoms with Crippen LogP contribution in [0.3, 0.4) is 0 Å². The summed E-state index contributed by atoms with van der Waals surface area (Å²) in [6.07, 6.45) is 1.66. The summed E-state index contributed by atoms with van der Waals surface area (Å²) in [6.45, 7) is 8.20. The molecule has 0 aliphatic heterocycles. The van der Waals surface area contributed by atoms with Crippen LogP contribution in [0.1, 0.15) is 25.8 Å². The van der Waals surface area contributed by atoms with Gasteiger partial charge in [-0.15, -0.1) is 0 Å². The molecule has 0 spiro atoms. The Hall–Kier alpha value is -1.00. The average Bonchev–Trinajstić information content (AvgIpc) is 2.48. The Kier molecular flexibility index (Phi) is 8.38. The van der Waals surface area contributed by atoms with Gasteiger partial charge in [0, 0.05) is 6.54 Å². The van der Waals surface area contributed by atoms with E-state index in [1.165, 1.54) is 0 Å². The third-order valence-corrected chi connectivity index (χ3v) is 3.84. The molecule has 4 heteroatoms. The second-order valence-electron chi connectivity index (χ2n) is 4.88. The van der Waals surface area contributed by atoms with Crippen LogP contribution >= 0.6 is 12.6 Å². The molecule has 1 unspecified atom stereocenters. The van der Waals surface area contributed by atoms with Crippen molar-refractivity contribution in [1.82, 2.24) is 10.2 Å². The lowest BCUT2D eigenvalue weighted by atomic mass is 10.1. The highest BCUT2D eigenvalue weighted by molar-refractivity contribution is 7.81. The fourth-order valence-corrected chi connectivity index (χ4v) is 2.40. The summed E-state index contributed by atoms with van der Waals surface area (Å²) in [5, 5.41) is 2.69. The van der Waals surface area contributed by atoms with E-state index in [1.54, 1.807) is 0 Å². The summed E-state index contributed by atoms with van der Waals surface area (Å²) in [7, 11) is 0. The highest BCUT2D eigenvalue weighted by Crippen LogP contribution is 2.07. The molecule has 1 N–H and O–H groups in total. The summed E-state index contributed by atoms with van der Waals surface area (Å²) in [6, 6.07) is 9.99. The van der Waals surface area contributed by atoms with Gasteiger partial charge in [0.15, 0.2) is 0 Å². The zero-order chi connectivity index (χ0) is 14.8. The molecule has 0 bridgehead atoms. The fourth-order valence-electron chi connectivity index (χ4n) is 2.10. The molecular formula is C16H26N2OS. The molecule has 0 radical (unpaired) electrons. The lowest BCUT2D eigenvalue weighted by molar-refractivity contribution is -0.120. The number of carbonyl (C=O) groups excluding carboxylic acids is 1. The van der Waals surface area contributed by atoms with Gasteiger partial charge in [-0.3, -0.25) is 4.79 Å². The van der Waals surface area contributed by atoms with Gasteiger partial charge in [-0.1, -0.05) is 44.2 Å². The van der Waals surface area contributed by atoms with Gasteiger partial charge in [-0.2, -0.15) is 12.6 Å². The van der Waals surface area contributed by atoms with Crippen molar-refractivity contribution in [1.29, 1.82) is 0 Å². The van der Waals surface area contributed by atoms with Gasteiger partial charge in [0.25, 0.3) is 0 Å². The molecule has 1 atom stereocenters. The van der Waals surface area contributed by atoms with E-state index in [0.717, 1.165) is 38.2 Å². The van der Waals surface area contributed by atoms with E-state index in [9.17, 15) is 4.79 Å². The van der Waals surface area contributed by atoms with Crippen LogP contribution in [0.5, 0.6) is 0 Å². The van der Waals surface area contributed by atoms with Crippen LogP contribution in [0, 0.1) is 0 Å². The maximum absolute atomic E-state index is 11.9. The van der Waals surface area contributed by atoms with Crippen molar-refractivity contribution in [2.24, 2.45) is 0 Å². The quantitative estimate of drug-likeness (QED) is 0.541. The van der Waals surface area contributed by atoms with Crippen molar-refractivity contribution in [3.05, 3.63) is 35.9 Å². The van der Waals surface area contributed by atoms with Crippen molar-refractivity contribution < 1.29 is 4.79 Å². The predicted octanol–water partition coefficient (Wildman–Crippen LogP) is 2.38. The number of thiol groups is 1. The monoisotopic (exact) mass is 294 g/mol. The van der Waals surface area contributed by atoms with Gasteiger partial charge in [-0.25, -0.2) is 0 Å². The smallest absolute Gasteiger partial charge is 0.233 e. The van der Waals surface area contributed by atoms with Crippen molar-refractivity contribution in [3.63, 3.8) is 0 Å². The number of hydrogen-bond acceptors (Lipinski definition) is 3. The van der Waals surface area contributed by atoms with E-state index in [1.807, 2.05) is 30.3 Å². The zero-order valence-corrected chi connectivity index (χ0v) is 13.4. The Morgan fingerprint density at radius 2 is 1.90 bits per heavy atom. The number of carbonyl (C=O) groups is 1. The molecule has 0 fully saturated rings. The molecule has 3 nitrogen and oxygen atoms in total. The van der Waals surface area contributed by atoms with E-state index in [0.29, 0.717) is 6.42 Å². The molecule has 1 aromatic rings. The second kappa shape index (κ2) is 9.83. The van der Waals surface area contributed by atoms with Crippen molar-refractivity contribution in [3.8, 4) is 0 Å². The Bertz CT molecular complexity index is 379. The minimum absolute atomic E-state index is 0.0248. The molecule has 0 saturated carbocycles. The van der Waals surface area contributed by atoms with Gasteiger partial charge >= 0.3 is 0 Å². The van der Waals surface area contributed by atoms with Crippen molar-refractivity contribution >= 4 is 18.5 Å². The number of nitrogens with one attached hydrogen (secondary N) is 1. The van der Waals surface area contributed by atoms with E-state index in [4.69, 9.17) is 0 Å². The molecule has 112 valence electrons. The van der Waals surface area contributed by atoms with Gasteiger partial charge < -0.3 is 10.2 Å². The number of rotatable bonds is 9. The highest BCUT2D eigenvalue weighted by Gasteiger charge is 2.13. The first-order valence-corrected chi connectivity index (χ1v) is 7.91. The summed E-state index contributed by atoms with van der Waals surface area (Å²) in [4.78, 5) is 14.3. The van der Waals surface area contributed by atoms with Crippen LogP contribution in [0.2, 0.25) is 0 Å². The molecule has 0 heterocycles. The second-order valence-corrected chi connectivity index (χ2v) is 5.50. The summed E-state index contributed by atoms with van der Waals surface area (Å²) in [5.41, 5.74) is 1.14. The van der Waals surface area contributed by atoms with Crippen LogP contribution in [-0.2, 0) is 11.2 Å². The highest BCUT2D eigenvalue weighted by atomic mass is 32.1. The maximum Gasteiger partial charge on any atom is 0.233 e. The van der Waals surface area contributed by atoms with Gasteiger partial charge in [0.05, 0.1) is 5.25 Å². The van der Waals surface area contributed by atoms with Gasteiger partial charge in [0.1, 0.15) is 0 Å². The van der Waals surface area contributed by atoms with Crippen LogP contribution in [0.15, 0.2) is 30.3 Å². The van der Waals surface area contributed by atoms with Crippen LogP contribution < -0.4 is 5.32 Å². The molecule has 1 aromatic carbocycles. The third-order valence-electron chi connectivity index (χ3n) is 3.42. The summed E-state index contributed by atoms with van der Waals surface area (Å²) < 4.78 is 0. The molecular weight excluding hydrogens is 268 g/mol. The first-order chi connectivity index (χ1) is 9.67. The lowest BCUT2D eigenvalue weighted by Gasteiger charge is -2.18. The van der Waals surface area contributed by atoms with Gasteiger partial charge in [-0.05, 0) is 38.0 Å². The van der Waals surface area contributed by atoms with Gasteiger partial charge in [0.2, 0.25) is 5.91 Å². The Balaban J connectivity index is 2.22. The minimum Gasteiger partial charge on any atom is -0.355 e. The maximum atomic E-state index is 11.9. The lowest BCUT2D eigenvalue weighted by Crippen LogP contribution is -2.35. The van der Waals surface area contributed by atoms with E-state index in [-0.39, 0.29) is 11.2 Å². The average molecular weight is 294 g/mol. The van der Waals surface area contributed by atoms with E-state index < -0.39 is 0 Å². The third kappa shape index (κ3) is 6.44. The van der Waals surface area contributed by atoms with Crippen LogP contribution in [-0.4, -0.2) is 42.2 Å². The Morgan fingerprint density at radius 3 is 2.50 bits per heavy atom. The number of hydrogen-bond donors (Lipinski definition) is 2. The zero-order valence-electron chi connectivity index (χ0n) is 12.5. The number of benzene rings is 1. The van der Waals surface area contributed by atoms with Crippen LogP contribution in [0.25, 0.3) is 0 Å². The predicted molar refractivity (Wildman–Crippen MR) is 88.3 cm³/mol. The standard InChI is InChI=1S/C16H26N2OS/c1-3-18(4-2)12-8-11-17-16(19)15(20)13-14-9-6-5-7-10-14/h5-7,9-10,15,20H,3-4,8,11-13H2,1-2H3,(H,17,19). The Labute approximate surface area is 128 Å². The molecule has 0 saturated heterocycles. The molecule has 0 aliphatic rings.